The van der Waals surface area contributed by atoms with Gasteiger partial charge in [-0.15, -0.1) is 0 Å². The lowest BCUT2D eigenvalue weighted by Crippen LogP contribution is -2.36. The molecule has 1 aliphatic heterocycles. The maximum atomic E-state index is 14.5. The molecule has 128 valence electrons. The first kappa shape index (κ1) is 17.5. The van der Waals surface area contributed by atoms with Gasteiger partial charge in [0.05, 0.1) is 0 Å². The van der Waals surface area contributed by atoms with Crippen LogP contribution in [0.2, 0.25) is 0 Å². The van der Waals surface area contributed by atoms with Gasteiger partial charge in [0.1, 0.15) is 0 Å². The molecule has 0 N–H and O–H groups in total. The molecule has 2 nitrogen and oxygen atoms in total. The van der Waals surface area contributed by atoms with E-state index in [1.54, 1.807) is 0 Å². The summed E-state index contributed by atoms with van der Waals surface area (Å²) in [6.07, 6.45) is 2.25. The molecule has 2 aromatic rings. The highest BCUT2D eigenvalue weighted by Gasteiger charge is 2.43. The van der Waals surface area contributed by atoms with E-state index in [-0.39, 0.29) is 0 Å². The molecular weight excluding hydrogens is 313 g/mol. The maximum absolute atomic E-state index is 14.5. The van der Waals surface area contributed by atoms with E-state index in [0.717, 1.165) is 30.0 Å². The van der Waals surface area contributed by atoms with Gasteiger partial charge in [-0.2, -0.15) is 0 Å². The Labute approximate surface area is 146 Å². The zero-order valence-corrected chi connectivity index (χ0v) is 15.8. The second-order valence-corrected chi connectivity index (χ2v) is 10.2. The van der Waals surface area contributed by atoms with Crippen LogP contribution in [0.5, 0.6) is 0 Å². The number of rotatable bonds is 5. The molecule has 3 rings (SSSR count). The third-order valence-electron chi connectivity index (χ3n) is 4.91. The molecule has 0 bridgehead atoms. The number of benzene rings is 2. The third-order valence-corrected chi connectivity index (χ3v) is 8.12. The zero-order valence-electron chi connectivity index (χ0n) is 14.9. The standard InChI is InChI=1S/C21H28NOP/c1-17(2)14-19-15-18(3)16-22(19)24(23,20-10-6-4-7-11-20)21-12-8-5-9-13-21/h4-13,17-19H,14-16H2,1-3H3/t18-,19+/m0/s1. The SMILES string of the molecule is CC(C)C[C@@H]1C[C@H](C)CN1P(=O)(c1ccccc1)c1ccccc1. The van der Waals surface area contributed by atoms with Gasteiger partial charge in [0.15, 0.2) is 0 Å². The molecule has 0 radical (unpaired) electrons. The summed E-state index contributed by atoms with van der Waals surface area (Å²) in [5.41, 5.74) is 0. The van der Waals surface area contributed by atoms with Gasteiger partial charge >= 0.3 is 0 Å². The number of hydrogen-bond donors (Lipinski definition) is 0. The van der Waals surface area contributed by atoms with Crippen LogP contribution in [0, 0.1) is 11.8 Å². The molecule has 0 amide bonds. The summed E-state index contributed by atoms with van der Waals surface area (Å²) in [6, 6.07) is 20.5. The van der Waals surface area contributed by atoms with Gasteiger partial charge in [0.25, 0.3) is 0 Å². The van der Waals surface area contributed by atoms with Crippen LogP contribution in [-0.4, -0.2) is 17.3 Å². The molecule has 0 unspecified atom stereocenters. The van der Waals surface area contributed by atoms with E-state index in [0.29, 0.717) is 17.9 Å². The van der Waals surface area contributed by atoms with Crippen LogP contribution in [0.15, 0.2) is 60.7 Å². The minimum atomic E-state index is -2.79. The van der Waals surface area contributed by atoms with E-state index in [4.69, 9.17) is 0 Å². The Balaban J connectivity index is 2.10. The van der Waals surface area contributed by atoms with Crippen molar-refractivity contribution < 1.29 is 4.57 Å². The molecule has 1 heterocycles. The Morgan fingerprint density at radius 1 is 1.00 bits per heavy atom. The van der Waals surface area contributed by atoms with Crippen LogP contribution in [0.4, 0.5) is 0 Å². The van der Waals surface area contributed by atoms with Crippen LogP contribution in [0.1, 0.15) is 33.6 Å². The summed E-state index contributed by atoms with van der Waals surface area (Å²) in [7, 11) is -2.79. The summed E-state index contributed by atoms with van der Waals surface area (Å²) in [5, 5.41) is 1.91. The lowest BCUT2D eigenvalue weighted by molar-refractivity contribution is 0.342. The lowest BCUT2D eigenvalue weighted by Gasteiger charge is -2.34. The Morgan fingerprint density at radius 2 is 1.50 bits per heavy atom. The quantitative estimate of drug-likeness (QED) is 0.737. The van der Waals surface area contributed by atoms with Gasteiger partial charge in [-0.3, -0.25) is 4.57 Å². The monoisotopic (exact) mass is 341 g/mol. The van der Waals surface area contributed by atoms with Gasteiger partial charge < -0.3 is 0 Å². The van der Waals surface area contributed by atoms with E-state index >= 15 is 0 Å². The fourth-order valence-corrected chi connectivity index (χ4v) is 7.14. The van der Waals surface area contributed by atoms with Gasteiger partial charge in [0.2, 0.25) is 7.29 Å². The minimum Gasteiger partial charge on any atom is -0.296 e. The summed E-state index contributed by atoms with van der Waals surface area (Å²) in [6.45, 7) is 7.72. The van der Waals surface area contributed by atoms with E-state index in [1.165, 1.54) is 0 Å². The van der Waals surface area contributed by atoms with E-state index in [2.05, 4.69) is 25.4 Å². The van der Waals surface area contributed by atoms with E-state index in [1.807, 2.05) is 60.7 Å². The van der Waals surface area contributed by atoms with Gasteiger partial charge in [0, 0.05) is 23.2 Å². The summed E-state index contributed by atoms with van der Waals surface area (Å²) >= 11 is 0. The molecule has 0 spiro atoms. The Hall–Kier alpha value is -1.37. The van der Waals surface area contributed by atoms with Crippen LogP contribution >= 0.6 is 7.29 Å². The molecule has 1 aliphatic rings. The predicted molar refractivity (Wildman–Crippen MR) is 103 cm³/mol. The minimum absolute atomic E-state index is 0.395. The molecular formula is C21H28NOP. The molecule has 0 aromatic heterocycles. The van der Waals surface area contributed by atoms with Crippen molar-refractivity contribution in [2.75, 3.05) is 6.54 Å². The van der Waals surface area contributed by atoms with Crippen LogP contribution in [0.25, 0.3) is 0 Å². The van der Waals surface area contributed by atoms with Crippen molar-refractivity contribution in [1.29, 1.82) is 0 Å². The van der Waals surface area contributed by atoms with Crippen molar-refractivity contribution in [3.05, 3.63) is 60.7 Å². The largest absolute Gasteiger partial charge is 0.296 e. The van der Waals surface area contributed by atoms with Gasteiger partial charge in [-0.25, -0.2) is 4.67 Å². The first-order chi connectivity index (χ1) is 11.5. The van der Waals surface area contributed by atoms with Crippen LogP contribution in [0.3, 0.4) is 0 Å². The lowest BCUT2D eigenvalue weighted by atomic mass is 10.00. The smallest absolute Gasteiger partial charge is 0.207 e. The van der Waals surface area contributed by atoms with Crippen molar-refractivity contribution in [3.63, 3.8) is 0 Å². The van der Waals surface area contributed by atoms with Crippen molar-refractivity contribution in [2.24, 2.45) is 11.8 Å². The molecule has 24 heavy (non-hydrogen) atoms. The van der Waals surface area contributed by atoms with Crippen LogP contribution in [-0.2, 0) is 4.57 Å². The van der Waals surface area contributed by atoms with Crippen molar-refractivity contribution in [1.82, 2.24) is 4.67 Å². The number of hydrogen-bond acceptors (Lipinski definition) is 1. The number of nitrogens with zero attached hydrogens (tertiary/aromatic N) is 1. The van der Waals surface area contributed by atoms with Crippen molar-refractivity contribution >= 4 is 17.9 Å². The maximum Gasteiger partial charge on any atom is 0.207 e. The molecule has 1 fully saturated rings. The van der Waals surface area contributed by atoms with Crippen molar-refractivity contribution in [2.45, 2.75) is 39.7 Å². The highest BCUT2D eigenvalue weighted by atomic mass is 31.2. The first-order valence-electron chi connectivity index (χ1n) is 9.00. The molecule has 3 heteroatoms. The van der Waals surface area contributed by atoms with Gasteiger partial charge in [-0.05, 0) is 48.9 Å². The van der Waals surface area contributed by atoms with E-state index < -0.39 is 7.29 Å². The summed E-state index contributed by atoms with van der Waals surface area (Å²) in [5.74, 6) is 1.21. The molecule has 0 aliphatic carbocycles. The summed E-state index contributed by atoms with van der Waals surface area (Å²) < 4.78 is 16.8. The van der Waals surface area contributed by atoms with Gasteiger partial charge in [-0.1, -0.05) is 57.2 Å². The zero-order chi connectivity index (χ0) is 17.2. The average molecular weight is 341 g/mol. The molecule has 2 aromatic carbocycles. The average Bonchev–Trinajstić information content (AvgIpc) is 2.96. The third kappa shape index (κ3) is 3.36. The molecule has 0 saturated carbocycles. The predicted octanol–water partition coefficient (Wildman–Crippen LogP) is 4.67. The van der Waals surface area contributed by atoms with E-state index in [9.17, 15) is 4.57 Å². The first-order valence-corrected chi connectivity index (χ1v) is 10.7. The molecule has 2 atom stereocenters. The summed E-state index contributed by atoms with van der Waals surface area (Å²) in [4.78, 5) is 0. The fourth-order valence-electron chi connectivity index (χ4n) is 3.94. The van der Waals surface area contributed by atoms with Crippen molar-refractivity contribution in [3.8, 4) is 0 Å². The fraction of sp³-hybridized carbons (Fsp3) is 0.429. The second kappa shape index (κ2) is 7.25. The topological polar surface area (TPSA) is 20.3 Å². The highest BCUT2D eigenvalue weighted by molar-refractivity contribution is 7.76. The van der Waals surface area contributed by atoms with Crippen LogP contribution < -0.4 is 10.6 Å². The Morgan fingerprint density at radius 3 is 1.96 bits per heavy atom. The normalized spacial score (nSPS) is 22.2. The second-order valence-electron chi connectivity index (χ2n) is 7.49. The molecule has 1 saturated heterocycles. The Bertz CT molecular complexity index is 655. The highest BCUT2D eigenvalue weighted by Crippen LogP contribution is 2.53. The Kier molecular flexibility index (Phi) is 5.27.